The zero-order valence-corrected chi connectivity index (χ0v) is 26.0. The van der Waals surface area contributed by atoms with Crippen LogP contribution in [0.1, 0.15) is 19.4 Å². The molecular weight excluding hydrogens is 596 g/mol. The van der Waals surface area contributed by atoms with Gasteiger partial charge in [-0.3, -0.25) is 14.3 Å². The molecule has 2 saturated heterocycles. The summed E-state index contributed by atoms with van der Waals surface area (Å²) in [6.45, 7) is 13.6. The van der Waals surface area contributed by atoms with Crippen LogP contribution in [0.15, 0.2) is 40.5 Å². The number of rotatable bonds is 4. The molecule has 0 N–H and O–H groups in total. The van der Waals surface area contributed by atoms with Gasteiger partial charge in [-0.25, -0.2) is 13.6 Å². The molecule has 3 aromatic rings. The van der Waals surface area contributed by atoms with Gasteiger partial charge < -0.3 is 14.5 Å². The molecule has 1 amide bonds. The monoisotopic (exact) mass is 629 g/mol. The van der Waals surface area contributed by atoms with E-state index >= 15 is 4.39 Å². The number of thioether (sulfide) groups is 1. The molecule has 228 valence electrons. The van der Waals surface area contributed by atoms with Gasteiger partial charge in [0.1, 0.15) is 17.5 Å². The molecule has 0 radical (unpaired) electrons. The van der Waals surface area contributed by atoms with Crippen LogP contribution in [0.25, 0.3) is 22.0 Å². The van der Waals surface area contributed by atoms with Crippen LogP contribution < -0.4 is 10.6 Å². The van der Waals surface area contributed by atoms with Crippen molar-refractivity contribution in [2.75, 3.05) is 50.0 Å². The lowest BCUT2D eigenvalue weighted by Crippen LogP contribution is -2.58. The Labute approximate surface area is 258 Å². The third kappa shape index (κ3) is 5.34. The molecule has 1 aromatic heterocycles. The third-order valence-electron chi connectivity index (χ3n) is 8.70. The van der Waals surface area contributed by atoms with E-state index in [-0.39, 0.29) is 40.3 Å². The summed E-state index contributed by atoms with van der Waals surface area (Å²) in [5.41, 5.74) is 1.83. The first kappa shape index (κ1) is 30.1. The molecular formula is C31H34ClF2N5O3S. The van der Waals surface area contributed by atoms with Crippen LogP contribution in [0.4, 0.5) is 14.6 Å². The van der Waals surface area contributed by atoms with Gasteiger partial charge in [0.15, 0.2) is 0 Å². The Hall–Kier alpha value is -2.99. The van der Waals surface area contributed by atoms with Crippen molar-refractivity contribution in [3.63, 3.8) is 0 Å². The van der Waals surface area contributed by atoms with E-state index in [1.165, 1.54) is 12.1 Å². The van der Waals surface area contributed by atoms with Crippen LogP contribution in [0.5, 0.6) is 0 Å². The molecule has 0 unspecified atom stereocenters. The van der Waals surface area contributed by atoms with Gasteiger partial charge in [-0.05, 0) is 44.5 Å². The number of ether oxygens (including phenoxy) is 1. The minimum atomic E-state index is -0.826. The molecule has 0 aliphatic carbocycles. The Morgan fingerprint density at radius 1 is 1.12 bits per heavy atom. The molecule has 3 aliphatic rings. The fourth-order valence-electron chi connectivity index (χ4n) is 6.76. The second kappa shape index (κ2) is 11.8. The predicted molar refractivity (Wildman–Crippen MR) is 166 cm³/mol. The van der Waals surface area contributed by atoms with E-state index in [2.05, 4.69) is 21.4 Å². The zero-order valence-electron chi connectivity index (χ0n) is 24.4. The van der Waals surface area contributed by atoms with Crippen LogP contribution in [-0.4, -0.2) is 88.5 Å². The molecule has 8 nitrogen and oxygen atoms in total. The van der Waals surface area contributed by atoms with Gasteiger partial charge in [-0.15, -0.1) is 11.8 Å². The molecule has 12 heteroatoms. The van der Waals surface area contributed by atoms with Gasteiger partial charge in [0.25, 0.3) is 0 Å². The van der Waals surface area contributed by atoms with Crippen LogP contribution in [0.2, 0.25) is 5.02 Å². The van der Waals surface area contributed by atoms with Gasteiger partial charge in [0, 0.05) is 84.1 Å². The SMILES string of the molecule is C=CC(=O)N1[C@H](C)CN(c2nc(=O)n3c4c(c(-c5cc(Cl)c(F)cc5F)c(C)cc24)SC[C@@H](N2CCOCC2)C3)C[C@@H]1C. The van der Waals surface area contributed by atoms with Crippen molar-refractivity contribution in [3.05, 3.63) is 63.6 Å². The highest BCUT2D eigenvalue weighted by molar-refractivity contribution is 7.99. The highest BCUT2D eigenvalue weighted by Crippen LogP contribution is 2.45. The quantitative estimate of drug-likeness (QED) is 0.306. The minimum Gasteiger partial charge on any atom is -0.379 e. The number of nitrogens with zero attached hydrogens (tertiary/aromatic N) is 5. The number of benzene rings is 2. The Kier molecular flexibility index (Phi) is 8.27. The standard InChI is InChI=1S/C31H34ClF2N5O3S/c1-5-26(40)39-18(3)13-37(14-19(39)4)30-22-10-17(2)27(21-11-23(32)25(34)12-24(21)33)29-28(22)38(31(41)35-30)15-20(16-43-29)36-6-8-42-9-7-36/h5,10-12,18-20H,1,6-9,13-16H2,2-4H3/t18-,19+,20-/m0/s1. The number of aryl methyl sites for hydroxylation is 1. The van der Waals surface area contributed by atoms with Crippen molar-refractivity contribution in [1.82, 2.24) is 19.4 Å². The highest BCUT2D eigenvalue weighted by atomic mass is 35.5. The zero-order chi connectivity index (χ0) is 30.6. The highest BCUT2D eigenvalue weighted by Gasteiger charge is 2.35. The van der Waals surface area contributed by atoms with Crippen LogP contribution in [0, 0.1) is 18.6 Å². The van der Waals surface area contributed by atoms with Gasteiger partial charge in [0.2, 0.25) is 5.91 Å². The van der Waals surface area contributed by atoms with Crippen molar-refractivity contribution in [1.29, 1.82) is 0 Å². The average molecular weight is 630 g/mol. The summed E-state index contributed by atoms with van der Waals surface area (Å²) in [4.78, 5) is 38.1. The molecule has 0 saturated carbocycles. The number of carbonyl (C=O) groups is 1. The largest absolute Gasteiger partial charge is 0.379 e. The first-order valence-corrected chi connectivity index (χ1v) is 15.8. The van der Waals surface area contributed by atoms with Crippen molar-refractivity contribution in [3.8, 4) is 11.1 Å². The molecule has 43 heavy (non-hydrogen) atoms. The molecule has 2 fully saturated rings. The van der Waals surface area contributed by atoms with Gasteiger partial charge in [-0.1, -0.05) is 18.2 Å². The van der Waals surface area contributed by atoms with Gasteiger partial charge >= 0.3 is 5.69 Å². The summed E-state index contributed by atoms with van der Waals surface area (Å²) in [6.07, 6.45) is 1.33. The fourth-order valence-corrected chi connectivity index (χ4v) is 8.38. The first-order valence-electron chi connectivity index (χ1n) is 14.5. The molecule has 3 aliphatic heterocycles. The Morgan fingerprint density at radius 2 is 1.81 bits per heavy atom. The molecule has 3 atom stereocenters. The summed E-state index contributed by atoms with van der Waals surface area (Å²) in [7, 11) is 0. The summed E-state index contributed by atoms with van der Waals surface area (Å²) in [5.74, 6) is -0.474. The van der Waals surface area contributed by atoms with E-state index in [9.17, 15) is 14.0 Å². The maximum Gasteiger partial charge on any atom is 0.350 e. The number of carbonyl (C=O) groups excluding carboxylic acids is 1. The van der Waals surface area contributed by atoms with E-state index in [0.717, 1.165) is 35.0 Å². The van der Waals surface area contributed by atoms with E-state index in [4.69, 9.17) is 16.3 Å². The van der Waals surface area contributed by atoms with E-state index in [1.54, 1.807) is 21.2 Å². The van der Waals surface area contributed by atoms with Gasteiger partial charge in [-0.2, -0.15) is 4.98 Å². The third-order valence-corrected chi connectivity index (χ3v) is 10.2. The summed E-state index contributed by atoms with van der Waals surface area (Å²) in [5, 5.41) is 0.609. The van der Waals surface area contributed by atoms with E-state index in [0.29, 0.717) is 55.5 Å². The number of hydrogen-bond donors (Lipinski definition) is 0. The van der Waals surface area contributed by atoms with E-state index in [1.807, 2.05) is 26.8 Å². The molecule has 0 bridgehead atoms. The Morgan fingerprint density at radius 3 is 2.49 bits per heavy atom. The predicted octanol–water partition coefficient (Wildman–Crippen LogP) is 4.72. The number of morpholine rings is 1. The van der Waals surface area contributed by atoms with Crippen LogP contribution >= 0.6 is 23.4 Å². The smallest absolute Gasteiger partial charge is 0.350 e. The molecule has 4 heterocycles. The lowest BCUT2D eigenvalue weighted by Gasteiger charge is -2.44. The van der Waals surface area contributed by atoms with Crippen molar-refractivity contribution < 1.29 is 18.3 Å². The number of piperazine rings is 1. The summed E-state index contributed by atoms with van der Waals surface area (Å²) in [6, 6.07) is 3.82. The number of anilines is 1. The Balaban J connectivity index is 1.56. The average Bonchev–Trinajstić information content (AvgIpc) is 3.18. The topological polar surface area (TPSA) is 70.9 Å². The molecule has 0 spiro atoms. The van der Waals surface area contributed by atoms with Gasteiger partial charge in [0.05, 0.1) is 23.8 Å². The number of hydrogen-bond acceptors (Lipinski definition) is 7. The van der Waals surface area contributed by atoms with E-state index < -0.39 is 11.6 Å². The first-order chi connectivity index (χ1) is 20.6. The second-order valence-electron chi connectivity index (χ2n) is 11.5. The molecule has 2 aromatic carbocycles. The number of halogens is 3. The summed E-state index contributed by atoms with van der Waals surface area (Å²) < 4.78 is 36.9. The minimum absolute atomic E-state index is 0.0261. The molecule has 6 rings (SSSR count). The maximum atomic E-state index is 15.4. The second-order valence-corrected chi connectivity index (χ2v) is 13.0. The van der Waals surface area contributed by atoms with Crippen LogP contribution in [0.3, 0.4) is 0 Å². The summed E-state index contributed by atoms with van der Waals surface area (Å²) >= 11 is 7.73. The maximum absolute atomic E-state index is 15.4. The number of aromatic nitrogens is 2. The fraction of sp³-hybridized carbons (Fsp3) is 0.452. The normalized spacial score (nSPS) is 23.0. The van der Waals surface area contributed by atoms with Crippen molar-refractivity contribution >= 4 is 46.0 Å². The lowest BCUT2D eigenvalue weighted by molar-refractivity contribution is -0.130. The van der Waals surface area contributed by atoms with Crippen LogP contribution in [-0.2, 0) is 16.1 Å². The Bertz CT molecular complexity index is 1670. The van der Waals surface area contributed by atoms with Crippen molar-refractivity contribution in [2.45, 2.75) is 50.3 Å². The lowest BCUT2D eigenvalue weighted by atomic mass is 9.97. The van der Waals surface area contributed by atoms with Crippen molar-refractivity contribution in [2.24, 2.45) is 0 Å². The number of amides is 1.